The molecule has 5 heteroatoms. The Hall–Kier alpha value is -0.810. The predicted molar refractivity (Wildman–Crippen MR) is 84.9 cm³/mol. The fourth-order valence-electron chi connectivity index (χ4n) is 2.17. The third-order valence-corrected chi connectivity index (χ3v) is 3.43. The van der Waals surface area contributed by atoms with Crippen molar-refractivity contribution in [3.63, 3.8) is 0 Å². The molecule has 0 aliphatic carbocycles. The van der Waals surface area contributed by atoms with Crippen LogP contribution in [0.2, 0.25) is 0 Å². The van der Waals surface area contributed by atoms with Gasteiger partial charge in [-0.2, -0.15) is 8.42 Å². The Morgan fingerprint density at radius 3 is 2.15 bits per heavy atom. The van der Waals surface area contributed by atoms with E-state index < -0.39 is 10.1 Å². The number of benzene rings is 3. The quantitative estimate of drug-likeness (QED) is 0.414. The minimum atomic E-state index is -3.52. The van der Waals surface area contributed by atoms with Gasteiger partial charge in [-0.3, -0.25) is 0 Å². The second-order valence-electron chi connectivity index (χ2n) is 4.46. The van der Waals surface area contributed by atoms with Crippen molar-refractivity contribution in [1.82, 2.24) is 0 Å². The van der Waals surface area contributed by atoms with Crippen molar-refractivity contribution in [2.24, 2.45) is 0 Å². The molecule has 0 aliphatic heterocycles. The fraction of sp³-hybridized carbons (Fsp3) is 0.0667. The number of hydrogen-bond donors (Lipinski definition) is 0. The third-order valence-electron chi connectivity index (χ3n) is 2.95. The fourth-order valence-corrected chi connectivity index (χ4v) is 2.65. The Balaban J connectivity index is 0.00000147. The van der Waals surface area contributed by atoms with Crippen molar-refractivity contribution in [3.8, 4) is 5.75 Å². The van der Waals surface area contributed by atoms with E-state index in [0.29, 0.717) is 5.75 Å². The van der Waals surface area contributed by atoms with Gasteiger partial charge >= 0.3 is 47.9 Å². The molecule has 0 aromatic heterocycles. The summed E-state index contributed by atoms with van der Waals surface area (Å²) in [6.07, 6.45) is 1.05. The molecule has 0 amide bonds. The maximum atomic E-state index is 11.3. The standard InChI is InChI=1S/C15H12O3S.Ca.2H/c1-19(16,17)18-15-8-4-7-13-9-11-5-2-3-6-12(11)10-14(13)15;;;/h2-10H,1H3;;;/q;+2;2*-1. The minimum Gasteiger partial charge on any atom is -1.00 e. The van der Waals surface area contributed by atoms with E-state index in [1.54, 1.807) is 12.1 Å². The zero-order chi connectivity index (χ0) is 13.5. The largest absolute Gasteiger partial charge is 2.00 e. The van der Waals surface area contributed by atoms with Gasteiger partial charge in [-0.15, -0.1) is 0 Å². The molecule has 3 nitrogen and oxygen atoms in total. The summed E-state index contributed by atoms with van der Waals surface area (Å²) in [4.78, 5) is 0. The number of fused-ring (bicyclic) bond motifs is 2. The monoisotopic (exact) mass is 314 g/mol. The molecule has 3 aromatic rings. The molecule has 0 heterocycles. The zero-order valence-corrected chi connectivity index (χ0v) is 14.1. The smallest absolute Gasteiger partial charge is 1.00 e. The van der Waals surface area contributed by atoms with Crippen LogP contribution >= 0.6 is 0 Å². The van der Waals surface area contributed by atoms with Crippen molar-refractivity contribution in [3.05, 3.63) is 54.6 Å². The summed E-state index contributed by atoms with van der Waals surface area (Å²) in [5.41, 5.74) is 0. The first-order chi connectivity index (χ1) is 9.03. The van der Waals surface area contributed by atoms with Crippen LogP contribution in [0.5, 0.6) is 5.75 Å². The van der Waals surface area contributed by atoms with Gasteiger partial charge in [0.05, 0.1) is 6.26 Å². The van der Waals surface area contributed by atoms with Gasteiger partial charge in [-0.1, -0.05) is 36.4 Å². The summed E-state index contributed by atoms with van der Waals surface area (Å²) >= 11 is 0. The first-order valence-corrected chi connectivity index (χ1v) is 7.65. The molecule has 0 spiro atoms. The van der Waals surface area contributed by atoms with Crippen LogP contribution in [-0.2, 0) is 10.1 Å². The van der Waals surface area contributed by atoms with E-state index in [1.165, 1.54) is 0 Å². The summed E-state index contributed by atoms with van der Waals surface area (Å²) in [6, 6.07) is 17.3. The maximum Gasteiger partial charge on any atom is 2.00 e. The SMILES string of the molecule is CS(=O)(=O)Oc1cccc2cc3ccccc3cc12.[Ca+2].[H-].[H-]. The molecule has 0 bridgehead atoms. The zero-order valence-electron chi connectivity index (χ0n) is 13.0. The van der Waals surface area contributed by atoms with Crippen molar-refractivity contribution in [1.29, 1.82) is 0 Å². The van der Waals surface area contributed by atoms with Crippen molar-refractivity contribution < 1.29 is 15.5 Å². The number of rotatable bonds is 2. The molecule has 0 radical (unpaired) electrons. The topological polar surface area (TPSA) is 43.4 Å². The van der Waals surface area contributed by atoms with Gasteiger partial charge in [0.15, 0.2) is 0 Å². The van der Waals surface area contributed by atoms with Crippen LogP contribution in [0.25, 0.3) is 21.5 Å². The van der Waals surface area contributed by atoms with E-state index in [4.69, 9.17) is 4.18 Å². The molecular formula is C15H14CaO3S. The van der Waals surface area contributed by atoms with Crippen molar-refractivity contribution in [2.75, 3.05) is 6.26 Å². The van der Waals surface area contributed by atoms with Gasteiger partial charge in [0.1, 0.15) is 5.75 Å². The van der Waals surface area contributed by atoms with Gasteiger partial charge in [0, 0.05) is 5.39 Å². The van der Waals surface area contributed by atoms with E-state index in [0.717, 1.165) is 27.8 Å². The molecule has 0 atom stereocenters. The van der Waals surface area contributed by atoms with Crippen LogP contribution in [0.15, 0.2) is 54.6 Å². The van der Waals surface area contributed by atoms with E-state index >= 15 is 0 Å². The molecule has 100 valence electrons. The van der Waals surface area contributed by atoms with E-state index in [9.17, 15) is 8.42 Å². The molecule has 0 saturated heterocycles. The molecule has 0 saturated carbocycles. The molecule has 0 fully saturated rings. The Bertz CT molecular complexity index is 882. The molecular weight excluding hydrogens is 300 g/mol. The van der Waals surface area contributed by atoms with E-state index in [2.05, 4.69) is 0 Å². The molecule has 20 heavy (non-hydrogen) atoms. The molecule has 0 unspecified atom stereocenters. The van der Waals surface area contributed by atoms with Crippen LogP contribution in [-0.4, -0.2) is 52.4 Å². The average Bonchev–Trinajstić information content (AvgIpc) is 2.35. The summed E-state index contributed by atoms with van der Waals surface area (Å²) in [7, 11) is -3.52. The van der Waals surface area contributed by atoms with Gasteiger partial charge in [0.25, 0.3) is 0 Å². The average molecular weight is 314 g/mol. The normalized spacial score (nSPS) is 11.2. The van der Waals surface area contributed by atoms with Gasteiger partial charge in [0.2, 0.25) is 0 Å². The van der Waals surface area contributed by atoms with E-state index in [-0.39, 0.29) is 40.6 Å². The summed E-state index contributed by atoms with van der Waals surface area (Å²) in [5.74, 6) is 0.366. The number of hydrogen-bond acceptors (Lipinski definition) is 3. The predicted octanol–water partition coefficient (Wildman–Crippen LogP) is 3.18. The first-order valence-electron chi connectivity index (χ1n) is 5.84. The Labute approximate surface area is 150 Å². The minimum absolute atomic E-state index is 0. The Kier molecular flexibility index (Phi) is 4.59. The van der Waals surface area contributed by atoms with Crippen LogP contribution < -0.4 is 4.18 Å². The van der Waals surface area contributed by atoms with E-state index in [1.807, 2.05) is 42.5 Å². The van der Waals surface area contributed by atoms with Crippen LogP contribution in [0.4, 0.5) is 0 Å². The van der Waals surface area contributed by atoms with Crippen LogP contribution in [0, 0.1) is 0 Å². The summed E-state index contributed by atoms with van der Waals surface area (Å²) in [6.45, 7) is 0. The Morgan fingerprint density at radius 1 is 0.900 bits per heavy atom. The van der Waals surface area contributed by atoms with Gasteiger partial charge < -0.3 is 7.04 Å². The molecule has 3 aromatic carbocycles. The van der Waals surface area contributed by atoms with Gasteiger partial charge in [-0.05, 0) is 34.4 Å². The molecule has 3 rings (SSSR count). The maximum absolute atomic E-state index is 11.3. The second kappa shape index (κ2) is 5.90. The second-order valence-corrected chi connectivity index (χ2v) is 6.04. The Morgan fingerprint density at radius 2 is 1.50 bits per heavy atom. The molecule has 0 N–H and O–H groups in total. The first kappa shape index (κ1) is 15.6. The van der Waals surface area contributed by atoms with Crippen LogP contribution in [0.1, 0.15) is 2.85 Å². The summed E-state index contributed by atoms with van der Waals surface area (Å²) in [5, 5.41) is 3.93. The van der Waals surface area contributed by atoms with Gasteiger partial charge in [-0.25, -0.2) is 0 Å². The van der Waals surface area contributed by atoms with Crippen molar-refractivity contribution >= 4 is 69.4 Å². The van der Waals surface area contributed by atoms with Crippen LogP contribution in [0.3, 0.4) is 0 Å². The third kappa shape index (κ3) is 3.26. The molecule has 0 aliphatic rings. The summed E-state index contributed by atoms with van der Waals surface area (Å²) < 4.78 is 27.6. The van der Waals surface area contributed by atoms with Crippen molar-refractivity contribution in [2.45, 2.75) is 0 Å².